The Hall–Kier alpha value is -1.56. The van der Waals surface area contributed by atoms with Gasteiger partial charge in [0.05, 0.1) is 24.8 Å². The van der Waals surface area contributed by atoms with Crippen LogP contribution in [-0.4, -0.2) is 46.9 Å². The van der Waals surface area contributed by atoms with E-state index in [1.54, 1.807) is 12.3 Å². The van der Waals surface area contributed by atoms with E-state index >= 15 is 0 Å². The van der Waals surface area contributed by atoms with E-state index in [2.05, 4.69) is 16.8 Å². The van der Waals surface area contributed by atoms with Crippen LogP contribution < -0.4 is 0 Å². The van der Waals surface area contributed by atoms with Gasteiger partial charge < -0.3 is 9.84 Å². The molecule has 4 nitrogen and oxygen atoms in total. The molecule has 1 fully saturated rings. The van der Waals surface area contributed by atoms with Crippen LogP contribution in [0.1, 0.15) is 12.5 Å². The van der Waals surface area contributed by atoms with E-state index in [1.807, 2.05) is 12.1 Å². The first-order chi connectivity index (χ1) is 10.2. The van der Waals surface area contributed by atoms with Crippen LogP contribution in [0.4, 0.5) is 4.39 Å². The molecule has 1 aliphatic heterocycles. The van der Waals surface area contributed by atoms with Gasteiger partial charge in [-0.25, -0.2) is 4.39 Å². The van der Waals surface area contributed by atoms with Gasteiger partial charge in [0.1, 0.15) is 5.82 Å². The molecule has 1 aromatic carbocycles. The molecule has 1 aromatic heterocycles. The van der Waals surface area contributed by atoms with Crippen molar-refractivity contribution in [3.63, 3.8) is 0 Å². The lowest BCUT2D eigenvalue weighted by atomic mass is 10.1. The zero-order valence-electron chi connectivity index (χ0n) is 12.0. The highest BCUT2D eigenvalue weighted by Gasteiger charge is 2.26. The van der Waals surface area contributed by atoms with Crippen molar-refractivity contribution >= 4 is 10.9 Å². The third-order valence-corrected chi connectivity index (χ3v) is 3.96. The highest BCUT2D eigenvalue weighted by Crippen LogP contribution is 2.22. The number of ether oxygens (including phenoxy) is 1. The number of benzene rings is 1. The van der Waals surface area contributed by atoms with Crippen molar-refractivity contribution in [1.82, 2.24) is 9.88 Å². The maximum absolute atomic E-state index is 13.8. The molecular weight excluding hydrogens is 271 g/mol. The molecule has 1 N–H and O–H groups in total. The van der Waals surface area contributed by atoms with Gasteiger partial charge in [-0.05, 0) is 30.7 Å². The van der Waals surface area contributed by atoms with Crippen LogP contribution in [0.25, 0.3) is 10.9 Å². The second-order valence-electron chi connectivity index (χ2n) is 5.56. The molecule has 2 aromatic rings. The molecule has 1 aliphatic rings. The number of rotatable bonds is 3. The van der Waals surface area contributed by atoms with E-state index in [0.29, 0.717) is 19.7 Å². The third-order valence-electron chi connectivity index (χ3n) is 3.96. The molecule has 0 aliphatic carbocycles. The molecule has 112 valence electrons. The molecule has 2 unspecified atom stereocenters. The summed E-state index contributed by atoms with van der Waals surface area (Å²) in [4.78, 5) is 6.58. The van der Waals surface area contributed by atoms with Gasteiger partial charge in [0.2, 0.25) is 0 Å². The highest BCUT2D eigenvalue weighted by atomic mass is 19.1. The lowest BCUT2D eigenvalue weighted by molar-refractivity contribution is -0.0804. The predicted molar refractivity (Wildman–Crippen MR) is 78.4 cm³/mol. The van der Waals surface area contributed by atoms with Gasteiger partial charge in [-0.3, -0.25) is 9.88 Å². The van der Waals surface area contributed by atoms with Crippen LogP contribution in [0.3, 0.4) is 0 Å². The Morgan fingerprint density at radius 3 is 3.14 bits per heavy atom. The van der Waals surface area contributed by atoms with Crippen LogP contribution in [0.2, 0.25) is 0 Å². The first-order valence-electron chi connectivity index (χ1n) is 7.17. The maximum Gasteiger partial charge on any atom is 0.124 e. The number of nitrogens with zero attached hydrogens (tertiary/aromatic N) is 2. The van der Waals surface area contributed by atoms with Crippen LogP contribution in [-0.2, 0) is 11.3 Å². The Morgan fingerprint density at radius 1 is 1.48 bits per heavy atom. The summed E-state index contributed by atoms with van der Waals surface area (Å²) in [7, 11) is 0. The fourth-order valence-electron chi connectivity index (χ4n) is 2.77. The molecule has 21 heavy (non-hydrogen) atoms. The number of halogens is 1. The smallest absolute Gasteiger partial charge is 0.124 e. The second-order valence-corrected chi connectivity index (χ2v) is 5.56. The quantitative estimate of drug-likeness (QED) is 0.938. The number of aliphatic hydroxyl groups is 1. The number of hydrogen-bond donors (Lipinski definition) is 1. The molecule has 0 saturated carbocycles. The predicted octanol–water partition coefficient (Wildman–Crippen LogP) is 1.96. The van der Waals surface area contributed by atoms with E-state index in [-0.39, 0.29) is 24.6 Å². The van der Waals surface area contributed by atoms with Gasteiger partial charge >= 0.3 is 0 Å². The number of aromatic nitrogens is 1. The summed E-state index contributed by atoms with van der Waals surface area (Å²) < 4.78 is 19.3. The van der Waals surface area contributed by atoms with Crippen molar-refractivity contribution in [3.8, 4) is 0 Å². The van der Waals surface area contributed by atoms with Crippen molar-refractivity contribution in [2.24, 2.45) is 0 Å². The first kappa shape index (κ1) is 14.4. The molecule has 3 rings (SSSR count). The summed E-state index contributed by atoms with van der Waals surface area (Å²) in [6, 6.07) is 6.96. The van der Waals surface area contributed by atoms with Crippen LogP contribution in [0.5, 0.6) is 0 Å². The zero-order valence-corrected chi connectivity index (χ0v) is 12.0. The Bertz CT molecular complexity index is 635. The Kier molecular flexibility index (Phi) is 4.14. The molecule has 0 amide bonds. The van der Waals surface area contributed by atoms with Crippen LogP contribution in [0.15, 0.2) is 30.5 Å². The number of pyridine rings is 1. The third kappa shape index (κ3) is 3.05. The maximum atomic E-state index is 13.8. The van der Waals surface area contributed by atoms with Crippen LogP contribution >= 0.6 is 0 Å². The topological polar surface area (TPSA) is 45.6 Å². The minimum atomic E-state index is -0.245. The molecule has 1 saturated heterocycles. The summed E-state index contributed by atoms with van der Waals surface area (Å²) in [6.07, 6.45) is 1.55. The average molecular weight is 290 g/mol. The van der Waals surface area contributed by atoms with E-state index in [4.69, 9.17) is 4.74 Å². The Morgan fingerprint density at radius 2 is 2.33 bits per heavy atom. The summed E-state index contributed by atoms with van der Waals surface area (Å²) in [5.74, 6) is -0.245. The molecule has 5 heteroatoms. The fourth-order valence-corrected chi connectivity index (χ4v) is 2.77. The lowest BCUT2D eigenvalue weighted by Crippen LogP contribution is -2.48. The van der Waals surface area contributed by atoms with Crippen LogP contribution in [0, 0.1) is 5.82 Å². The fraction of sp³-hybridized carbons (Fsp3) is 0.438. The number of fused-ring (bicyclic) bond motifs is 1. The number of hydrogen-bond acceptors (Lipinski definition) is 4. The molecule has 0 bridgehead atoms. The van der Waals surface area contributed by atoms with Gasteiger partial charge in [0.15, 0.2) is 0 Å². The summed E-state index contributed by atoms with van der Waals surface area (Å²) in [5, 5.41) is 10.1. The van der Waals surface area contributed by atoms with E-state index < -0.39 is 0 Å². The minimum Gasteiger partial charge on any atom is -0.394 e. The molecule has 2 heterocycles. The van der Waals surface area contributed by atoms with Gasteiger partial charge in [-0.2, -0.15) is 0 Å². The van der Waals surface area contributed by atoms with Crippen molar-refractivity contribution in [2.45, 2.75) is 25.6 Å². The lowest BCUT2D eigenvalue weighted by Gasteiger charge is -2.37. The van der Waals surface area contributed by atoms with Gasteiger partial charge in [0, 0.05) is 30.7 Å². The van der Waals surface area contributed by atoms with E-state index in [1.165, 1.54) is 6.07 Å². The van der Waals surface area contributed by atoms with Crippen molar-refractivity contribution in [3.05, 3.63) is 41.8 Å². The molecule has 2 atom stereocenters. The average Bonchev–Trinajstić information content (AvgIpc) is 2.49. The summed E-state index contributed by atoms with van der Waals surface area (Å²) in [6.45, 7) is 3.90. The minimum absolute atomic E-state index is 0.00533. The largest absolute Gasteiger partial charge is 0.394 e. The van der Waals surface area contributed by atoms with Gasteiger partial charge in [-0.1, -0.05) is 6.07 Å². The monoisotopic (exact) mass is 290 g/mol. The van der Waals surface area contributed by atoms with E-state index in [9.17, 15) is 9.50 Å². The number of aliphatic hydroxyl groups excluding tert-OH is 1. The Balaban J connectivity index is 1.90. The SMILES string of the molecule is CC1COC(CO)CN1Cc1cc(F)cc2cccnc12. The van der Waals surface area contributed by atoms with Crippen molar-refractivity contribution in [1.29, 1.82) is 0 Å². The summed E-state index contributed by atoms with van der Waals surface area (Å²) >= 11 is 0. The van der Waals surface area contributed by atoms with Gasteiger partial charge in [-0.15, -0.1) is 0 Å². The molecule has 0 radical (unpaired) electrons. The summed E-state index contributed by atoms with van der Waals surface area (Å²) in [5.41, 5.74) is 1.70. The van der Waals surface area contributed by atoms with Crippen molar-refractivity contribution in [2.75, 3.05) is 19.8 Å². The molecule has 0 spiro atoms. The number of morpholine rings is 1. The second kappa shape index (κ2) is 6.05. The zero-order chi connectivity index (χ0) is 14.8. The standard InChI is InChI=1S/C16H19FN2O2/c1-11-10-21-15(9-20)8-19(11)7-13-6-14(17)5-12-3-2-4-18-16(12)13/h2-6,11,15,20H,7-10H2,1H3. The van der Waals surface area contributed by atoms with Gasteiger partial charge in [0.25, 0.3) is 0 Å². The van der Waals surface area contributed by atoms with E-state index in [0.717, 1.165) is 16.5 Å². The normalized spacial score (nSPS) is 23.6. The first-order valence-corrected chi connectivity index (χ1v) is 7.17. The highest BCUT2D eigenvalue weighted by molar-refractivity contribution is 5.81. The molecular formula is C16H19FN2O2. The van der Waals surface area contributed by atoms with Crippen molar-refractivity contribution < 1.29 is 14.2 Å². The Labute approximate surface area is 123 Å².